The summed E-state index contributed by atoms with van der Waals surface area (Å²) >= 11 is 0. The van der Waals surface area contributed by atoms with E-state index in [4.69, 9.17) is 0 Å². The van der Waals surface area contributed by atoms with Gasteiger partial charge in [0.25, 0.3) is 0 Å². The zero-order valence-electron chi connectivity index (χ0n) is 12.8. The van der Waals surface area contributed by atoms with Gasteiger partial charge in [0.1, 0.15) is 6.54 Å². The fourth-order valence-corrected chi connectivity index (χ4v) is 2.74. The van der Waals surface area contributed by atoms with E-state index < -0.39 is 17.7 Å². The van der Waals surface area contributed by atoms with Crippen molar-refractivity contribution in [2.24, 2.45) is 0 Å². The average molecular weight is 338 g/mol. The Hall–Kier alpha value is -2.71. The van der Waals surface area contributed by atoms with Crippen LogP contribution in [0.5, 0.6) is 0 Å². The number of nitrogens with one attached hydrogen (secondary N) is 1. The molecule has 0 unspecified atom stereocenters. The molecule has 0 saturated carbocycles. The number of benzene rings is 1. The van der Waals surface area contributed by atoms with Crippen LogP contribution in [0.15, 0.2) is 18.2 Å². The number of carbonyl (C=O) groups is 3. The van der Waals surface area contributed by atoms with Crippen LogP contribution in [0.2, 0.25) is 0 Å². The van der Waals surface area contributed by atoms with Crippen molar-refractivity contribution in [3.63, 3.8) is 0 Å². The van der Waals surface area contributed by atoms with Crippen molar-refractivity contribution < 1.29 is 23.2 Å². The number of hydrogen-bond donors (Lipinski definition) is 1. The highest BCUT2D eigenvalue weighted by Gasteiger charge is 2.33. The molecule has 2 saturated heterocycles. The number of rotatable bonds is 3. The number of hydrogen-bond acceptors (Lipinski definition) is 3. The maximum atomic E-state index is 13.3. The molecule has 0 radical (unpaired) electrons. The molecular weight excluding hydrogens is 322 g/mol. The molecule has 2 heterocycles. The van der Waals surface area contributed by atoms with Crippen molar-refractivity contribution in [2.45, 2.75) is 0 Å². The van der Waals surface area contributed by atoms with Crippen molar-refractivity contribution in [2.75, 3.05) is 44.2 Å². The van der Waals surface area contributed by atoms with E-state index in [1.165, 1.54) is 20.8 Å². The van der Waals surface area contributed by atoms with Crippen LogP contribution in [-0.4, -0.2) is 66.9 Å². The normalized spacial score (nSPS) is 18.2. The Morgan fingerprint density at radius 2 is 1.92 bits per heavy atom. The van der Waals surface area contributed by atoms with Gasteiger partial charge in [-0.05, 0) is 12.1 Å². The van der Waals surface area contributed by atoms with Crippen molar-refractivity contribution >= 4 is 23.5 Å². The minimum absolute atomic E-state index is 0.0201. The summed E-state index contributed by atoms with van der Waals surface area (Å²) in [5, 5.41) is 2.62. The molecule has 128 valence electrons. The lowest BCUT2D eigenvalue weighted by molar-refractivity contribution is -0.138. The summed E-state index contributed by atoms with van der Waals surface area (Å²) in [4.78, 5) is 39.9. The Balaban J connectivity index is 1.64. The van der Waals surface area contributed by atoms with Gasteiger partial charge in [0.05, 0.1) is 6.54 Å². The Morgan fingerprint density at radius 3 is 2.62 bits per heavy atom. The van der Waals surface area contributed by atoms with Gasteiger partial charge in [-0.1, -0.05) is 0 Å². The molecule has 1 aromatic carbocycles. The molecule has 4 amide bonds. The molecule has 1 N–H and O–H groups in total. The molecule has 2 aliphatic rings. The van der Waals surface area contributed by atoms with Gasteiger partial charge in [0.15, 0.2) is 11.6 Å². The minimum Gasteiger partial charge on any atom is -0.353 e. The van der Waals surface area contributed by atoms with Crippen LogP contribution in [0.3, 0.4) is 0 Å². The summed E-state index contributed by atoms with van der Waals surface area (Å²) < 4.78 is 26.3. The number of carbonyl (C=O) groups excluding carboxylic acids is 3. The van der Waals surface area contributed by atoms with Gasteiger partial charge >= 0.3 is 6.03 Å². The van der Waals surface area contributed by atoms with Crippen LogP contribution in [0.25, 0.3) is 0 Å². The van der Waals surface area contributed by atoms with E-state index in [2.05, 4.69) is 5.32 Å². The maximum absolute atomic E-state index is 13.3. The Bertz CT molecular complexity index is 697. The summed E-state index contributed by atoms with van der Waals surface area (Å²) in [6.07, 6.45) is 0. The molecular formula is C15H16F2N4O3. The Labute approximate surface area is 136 Å². The first-order valence-corrected chi connectivity index (χ1v) is 7.51. The molecule has 1 aromatic rings. The van der Waals surface area contributed by atoms with E-state index in [0.29, 0.717) is 19.6 Å². The second kappa shape index (κ2) is 6.42. The third kappa shape index (κ3) is 3.15. The van der Waals surface area contributed by atoms with Crippen LogP contribution >= 0.6 is 0 Å². The second-order valence-electron chi connectivity index (χ2n) is 5.62. The number of urea groups is 1. The van der Waals surface area contributed by atoms with E-state index in [1.807, 2.05) is 0 Å². The fraction of sp³-hybridized carbons (Fsp3) is 0.400. The minimum atomic E-state index is -1.03. The molecule has 24 heavy (non-hydrogen) atoms. The SMILES string of the molecule is O=C1CN(C(=O)CN2CCN(c3ccc(F)c(F)c3)C2=O)CCN1. The second-order valence-corrected chi connectivity index (χ2v) is 5.62. The summed E-state index contributed by atoms with van der Waals surface area (Å²) in [5.41, 5.74) is 0.242. The number of nitrogens with zero attached hydrogens (tertiary/aromatic N) is 3. The monoisotopic (exact) mass is 338 g/mol. The number of anilines is 1. The van der Waals surface area contributed by atoms with E-state index in [0.717, 1.165) is 12.1 Å². The van der Waals surface area contributed by atoms with Gasteiger partial charge < -0.3 is 15.1 Å². The van der Waals surface area contributed by atoms with Gasteiger partial charge in [-0.2, -0.15) is 0 Å². The van der Waals surface area contributed by atoms with Crippen molar-refractivity contribution in [1.29, 1.82) is 0 Å². The topological polar surface area (TPSA) is 73.0 Å². The average Bonchev–Trinajstić information content (AvgIpc) is 2.91. The third-order valence-corrected chi connectivity index (χ3v) is 4.03. The molecule has 0 spiro atoms. The molecule has 0 atom stereocenters. The predicted octanol–water partition coefficient (Wildman–Crippen LogP) is 0.165. The van der Waals surface area contributed by atoms with E-state index in [1.54, 1.807) is 0 Å². The van der Waals surface area contributed by atoms with Crippen molar-refractivity contribution in [3.8, 4) is 0 Å². The zero-order valence-corrected chi connectivity index (χ0v) is 12.8. The summed E-state index contributed by atoms with van der Waals surface area (Å²) in [6.45, 7) is 1.19. The lowest BCUT2D eigenvalue weighted by atomic mass is 10.3. The van der Waals surface area contributed by atoms with Crippen LogP contribution in [0, 0.1) is 11.6 Å². The molecule has 3 rings (SSSR count). The number of halogens is 2. The van der Waals surface area contributed by atoms with Gasteiger partial charge in [0, 0.05) is 37.9 Å². The van der Waals surface area contributed by atoms with E-state index >= 15 is 0 Å². The van der Waals surface area contributed by atoms with E-state index in [-0.39, 0.29) is 37.1 Å². The Kier molecular flexibility index (Phi) is 4.32. The lowest BCUT2D eigenvalue weighted by Gasteiger charge is -2.28. The quantitative estimate of drug-likeness (QED) is 0.854. The first-order valence-electron chi connectivity index (χ1n) is 7.51. The smallest absolute Gasteiger partial charge is 0.325 e. The van der Waals surface area contributed by atoms with E-state index in [9.17, 15) is 23.2 Å². The highest BCUT2D eigenvalue weighted by atomic mass is 19.2. The highest BCUT2D eigenvalue weighted by Crippen LogP contribution is 2.22. The van der Waals surface area contributed by atoms with Crippen molar-refractivity contribution in [1.82, 2.24) is 15.1 Å². The highest BCUT2D eigenvalue weighted by molar-refractivity contribution is 5.97. The molecule has 0 aromatic heterocycles. The van der Waals surface area contributed by atoms with Crippen molar-refractivity contribution in [3.05, 3.63) is 29.8 Å². The summed E-state index contributed by atoms with van der Waals surface area (Å²) in [7, 11) is 0. The lowest BCUT2D eigenvalue weighted by Crippen LogP contribution is -2.52. The summed E-state index contributed by atoms with van der Waals surface area (Å²) in [5.74, 6) is -2.56. The number of amides is 4. The van der Waals surface area contributed by atoms with Gasteiger partial charge in [0.2, 0.25) is 11.8 Å². The summed E-state index contributed by atoms with van der Waals surface area (Å²) in [6, 6.07) is 2.78. The molecule has 9 heteroatoms. The molecule has 2 aliphatic heterocycles. The maximum Gasteiger partial charge on any atom is 0.325 e. The standard InChI is InChI=1S/C15H16F2N4O3/c16-11-2-1-10(7-12(11)17)21-6-5-20(15(21)24)9-14(23)19-4-3-18-13(22)8-19/h1-2,7H,3-6,8-9H2,(H,18,22). The Morgan fingerprint density at radius 1 is 1.12 bits per heavy atom. The number of piperazine rings is 1. The largest absolute Gasteiger partial charge is 0.353 e. The van der Waals surface area contributed by atoms with Crippen LogP contribution in [0.4, 0.5) is 19.3 Å². The van der Waals surface area contributed by atoms with Gasteiger partial charge in [-0.15, -0.1) is 0 Å². The zero-order chi connectivity index (χ0) is 17.3. The fourth-order valence-electron chi connectivity index (χ4n) is 2.74. The first-order chi connectivity index (χ1) is 11.5. The molecule has 0 aliphatic carbocycles. The van der Waals surface area contributed by atoms with Crippen LogP contribution in [-0.2, 0) is 9.59 Å². The third-order valence-electron chi connectivity index (χ3n) is 4.03. The molecule has 0 bridgehead atoms. The van der Waals surface area contributed by atoms with Gasteiger partial charge in [-0.25, -0.2) is 13.6 Å². The van der Waals surface area contributed by atoms with Gasteiger partial charge in [-0.3, -0.25) is 14.5 Å². The van der Waals surface area contributed by atoms with Crippen LogP contribution in [0.1, 0.15) is 0 Å². The first kappa shape index (κ1) is 16.2. The molecule has 2 fully saturated rings. The molecule has 7 nitrogen and oxygen atoms in total. The predicted molar refractivity (Wildman–Crippen MR) is 80.3 cm³/mol. The van der Waals surface area contributed by atoms with Crippen LogP contribution < -0.4 is 10.2 Å².